The smallest absolute Gasteiger partial charge is 0.229 e. The van der Waals surface area contributed by atoms with Crippen LogP contribution < -0.4 is 5.32 Å². The number of rotatable bonds is 8. The van der Waals surface area contributed by atoms with E-state index < -0.39 is 0 Å². The predicted molar refractivity (Wildman–Crippen MR) is 114 cm³/mol. The summed E-state index contributed by atoms with van der Waals surface area (Å²) in [5.74, 6) is 1.15. The maximum Gasteiger partial charge on any atom is 0.229 e. The Balaban J connectivity index is 0.00000240. The number of aromatic nitrogens is 6. The van der Waals surface area contributed by atoms with Crippen LogP contribution in [0.25, 0.3) is 11.0 Å². The third-order valence-electron chi connectivity index (χ3n) is 5.19. The zero-order valence-electron chi connectivity index (χ0n) is 16.6. The largest absolute Gasteiger partial charge is 0.385 e. The first-order valence-electron chi connectivity index (χ1n) is 9.87. The molecule has 0 saturated carbocycles. The zero-order chi connectivity index (χ0) is 19.3. The Morgan fingerprint density at radius 2 is 2.14 bits per heavy atom. The molecule has 9 heteroatoms. The van der Waals surface area contributed by atoms with Crippen LogP contribution in [-0.4, -0.2) is 67.8 Å². The highest BCUT2D eigenvalue weighted by Crippen LogP contribution is 2.21. The van der Waals surface area contributed by atoms with Gasteiger partial charge >= 0.3 is 0 Å². The van der Waals surface area contributed by atoms with Crippen molar-refractivity contribution in [1.29, 1.82) is 0 Å². The molecule has 0 amide bonds. The minimum atomic E-state index is 0. The van der Waals surface area contributed by atoms with Crippen molar-refractivity contribution in [2.45, 2.75) is 33.2 Å². The normalized spacial score (nSPS) is 17.4. The summed E-state index contributed by atoms with van der Waals surface area (Å²) in [5.41, 5.74) is 1.74. The van der Waals surface area contributed by atoms with E-state index in [1.807, 2.05) is 30.3 Å². The highest BCUT2D eigenvalue weighted by molar-refractivity contribution is 5.75. The molecule has 1 unspecified atom stereocenters. The molecule has 4 heterocycles. The van der Waals surface area contributed by atoms with E-state index in [0.29, 0.717) is 11.9 Å². The second kappa shape index (κ2) is 9.80. The van der Waals surface area contributed by atoms with Crippen LogP contribution in [-0.2, 0) is 18.3 Å². The number of nitrogens with one attached hydrogen (secondary N) is 1. The molecular weight excluding hydrogens is 368 g/mol. The number of fused-ring (bicyclic) bond motifs is 1. The number of nitrogens with zero attached hydrogens (tertiary/aromatic N) is 7. The van der Waals surface area contributed by atoms with Crippen LogP contribution in [0.3, 0.4) is 0 Å². The Morgan fingerprint density at radius 1 is 1.24 bits per heavy atom. The molecular formula is C20H32N8O. The molecule has 3 aromatic rings. The van der Waals surface area contributed by atoms with Gasteiger partial charge in [-0.15, -0.1) is 0 Å². The van der Waals surface area contributed by atoms with E-state index in [9.17, 15) is 0 Å². The fraction of sp³-hybridized carbons (Fsp3) is 0.600. The molecule has 1 aliphatic heterocycles. The Kier molecular flexibility index (Phi) is 7.16. The molecule has 0 bridgehead atoms. The van der Waals surface area contributed by atoms with Gasteiger partial charge in [0, 0.05) is 52.8 Å². The lowest BCUT2D eigenvalue weighted by Crippen LogP contribution is -2.38. The van der Waals surface area contributed by atoms with Gasteiger partial charge in [-0.1, -0.05) is 7.43 Å². The van der Waals surface area contributed by atoms with Gasteiger partial charge in [0.1, 0.15) is 0 Å². The van der Waals surface area contributed by atoms with Crippen LogP contribution in [0.4, 0.5) is 11.6 Å². The topological polar surface area (TPSA) is 85.9 Å². The fourth-order valence-electron chi connectivity index (χ4n) is 3.86. The maximum atomic E-state index is 5.18. The summed E-state index contributed by atoms with van der Waals surface area (Å²) in [7, 11) is 3.65. The number of methoxy groups -OCH3 is 1. The molecule has 9 nitrogen and oxygen atoms in total. The van der Waals surface area contributed by atoms with E-state index in [-0.39, 0.29) is 7.43 Å². The molecule has 1 fully saturated rings. The van der Waals surface area contributed by atoms with Gasteiger partial charge < -0.3 is 15.0 Å². The summed E-state index contributed by atoms with van der Waals surface area (Å²) >= 11 is 0. The first kappa shape index (κ1) is 21.2. The first-order chi connectivity index (χ1) is 13.7. The molecule has 3 aromatic heterocycles. The van der Waals surface area contributed by atoms with Gasteiger partial charge in [0.2, 0.25) is 5.95 Å². The van der Waals surface area contributed by atoms with Crippen LogP contribution in [0.15, 0.2) is 24.8 Å². The molecule has 0 aliphatic carbocycles. The van der Waals surface area contributed by atoms with Crippen LogP contribution in [0.1, 0.15) is 26.7 Å². The number of ether oxygens (including phenoxy) is 1. The molecule has 1 saturated heterocycles. The van der Waals surface area contributed by atoms with Crippen molar-refractivity contribution in [3.8, 4) is 0 Å². The van der Waals surface area contributed by atoms with E-state index in [1.54, 1.807) is 18.0 Å². The molecule has 29 heavy (non-hydrogen) atoms. The van der Waals surface area contributed by atoms with E-state index in [2.05, 4.69) is 25.4 Å². The summed E-state index contributed by atoms with van der Waals surface area (Å²) in [6.07, 6.45) is 10.9. The molecule has 0 radical (unpaired) electrons. The number of anilines is 2. The predicted octanol–water partition coefficient (Wildman–Crippen LogP) is 2.69. The first-order valence-corrected chi connectivity index (χ1v) is 9.87. The van der Waals surface area contributed by atoms with Gasteiger partial charge in [-0.25, -0.2) is 9.67 Å². The summed E-state index contributed by atoms with van der Waals surface area (Å²) in [6, 6.07) is 0. The summed E-state index contributed by atoms with van der Waals surface area (Å²) in [4.78, 5) is 11.6. The number of hydrogen-bond donors (Lipinski definition) is 1. The lowest BCUT2D eigenvalue weighted by molar-refractivity contribution is 0.134. The van der Waals surface area contributed by atoms with Crippen LogP contribution >= 0.6 is 0 Å². The highest BCUT2D eigenvalue weighted by Gasteiger charge is 2.21. The Labute approximate surface area is 172 Å². The lowest BCUT2D eigenvalue weighted by Gasteiger charge is -2.32. The van der Waals surface area contributed by atoms with E-state index in [1.165, 1.54) is 19.4 Å². The second-order valence-corrected chi connectivity index (χ2v) is 7.48. The molecule has 0 spiro atoms. The van der Waals surface area contributed by atoms with Crippen molar-refractivity contribution in [3.63, 3.8) is 0 Å². The van der Waals surface area contributed by atoms with Crippen molar-refractivity contribution in [2.24, 2.45) is 13.0 Å². The molecule has 1 N–H and O–H groups in total. The van der Waals surface area contributed by atoms with Crippen molar-refractivity contribution in [3.05, 3.63) is 24.8 Å². The van der Waals surface area contributed by atoms with E-state index in [0.717, 1.165) is 49.4 Å². The zero-order valence-corrected chi connectivity index (χ0v) is 16.6. The summed E-state index contributed by atoms with van der Waals surface area (Å²) in [5, 5.41) is 12.9. The molecule has 0 aromatic carbocycles. The lowest BCUT2D eigenvalue weighted by atomic mass is 9.98. The fourth-order valence-corrected chi connectivity index (χ4v) is 3.86. The van der Waals surface area contributed by atoms with Gasteiger partial charge in [0.05, 0.1) is 23.5 Å². The molecule has 1 aliphatic rings. The van der Waals surface area contributed by atoms with E-state index in [4.69, 9.17) is 9.72 Å². The van der Waals surface area contributed by atoms with Crippen molar-refractivity contribution >= 4 is 22.7 Å². The third kappa shape index (κ3) is 5.30. The Bertz CT molecular complexity index is 905. The maximum absolute atomic E-state index is 5.18. The molecule has 1 atom stereocenters. The van der Waals surface area contributed by atoms with Crippen molar-refractivity contribution in [1.82, 2.24) is 34.4 Å². The average Bonchev–Trinajstić information content (AvgIpc) is 3.28. The van der Waals surface area contributed by atoms with E-state index >= 15 is 0 Å². The number of aryl methyl sites for hydroxylation is 1. The van der Waals surface area contributed by atoms with Gasteiger partial charge in [0.25, 0.3) is 0 Å². The van der Waals surface area contributed by atoms with Gasteiger partial charge in [-0.2, -0.15) is 15.2 Å². The van der Waals surface area contributed by atoms with Crippen LogP contribution in [0.2, 0.25) is 0 Å². The van der Waals surface area contributed by atoms with Gasteiger partial charge in [0.15, 0.2) is 5.65 Å². The summed E-state index contributed by atoms with van der Waals surface area (Å²) < 4.78 is 8.95. The number of likely N-dealkylation sites (tertiary alicyclic amines) is 1. The highest BCUT2D eigenvalue weighted by atomic mass is 16.5. The van der Waals surface area contributed by atoms with Gasteiger partial charge in [-0.3, -0.25) is 4.68 Å². The van der Waals surface area contributed by atoms with Crippen LogP contribution in [0.5, 0.6) is 0 Å². The quantitative estimate of drug-likeness (QED) is 0.582. The minimum absolute atomic E-state index is 0. The standard InChI is InChI=1S/C19H28N8O.CH4/c1-25-14-17(11-21-25)23-19-20-9-16-10-22-27(18(16)24-19)13-15-5-3-6-26(12-15)7-4-8-28-2;/h9-11,14-15H,3-8,12-13H2,1-2H3,(H,20,23,24);1H4. The van der Waals surface area contributed by atoms with Crippen molar-refractivity contribution < 1.29 is 4.74 Å². The SMILES string of the molecule is C.COCCCN1CCCC(Cn2ncc3cnc(Nc4cnn(C)c4)nc32)C1. The summed E-state index contributed by atoms with van der Waals surface area (Å²) in [6.45, 7) is 5.10. The Hall–Kier alpha value is -2.52. The Morgan fingerprint density at radius 3 is 2.93 bits per heavy atom. The molecule has 4 rings (SSSR count). The van der Waals surface area contributed by atoms with Crippen molar-refractivity contribution in [2.75, 3.05) is 38.7 Å². The van der Waals surface area contributed by atoms with Gasteiger partial charge in [-0.05, 0) is 31.7 Å². The molecule has 158 valence electrons. The average molecular weight is 401 g/mol. The minimum Gasteiger partial charge on any atom is -0.385 e. The number of piperidine rings is 1. The number of hydrogen-bond acceptors (Lipinski definition) is 7. The monoisotopic (exact) mass is 400 g/mol. The van der Waals surface area contributed by atoms with Crippen LogP contribution in [0, 0.1) is 5.92 Å². The second-order valence-electron chi connectivity index (χ2n) is 7.48. The third-order valence-corrected chi connectivity index (χ3v) is 5.19.